The van der Waals surface area contributed by atoms with Gasteiger partial charge in [-0.25, -0.2) is 25.9 Å². The molecule has 0 atom stereocenters. The summed E-state index contributed by atoms with van der Waals surface area (Å²) in [5.74, 6) is -1.15. The maximum absolute atomic E-state index is 13.9. The van der Waals surface area contributed by atoms with Gasteiger partial charge < -0.3 is 0 Å². The Bertz CT molecular complexity index is 757. The summed E-state index contributed by atoms with van der Waals surface area (Å²) in [5.41, 5.74) is -0.0248. The average Bonchev–Trinajstić information content (AvgIpc) is 3.16. The van der Waals surface area contributed by atoms with Crippen LogP contribution in [0.5, 0.6) is 0 Å². The van der Waals surface area contributed by atoms with Crippen molar-refractivity contribution in [2.45, 2.75) is 36.0 Å². The number of benzene rings is 1. The van der Waals surface area contributed by atoms with E-state index < -0.39 is 34.7 Å². The van der Waals surface area contributed by atoms with Crippen LogP contribution < -0.4 is 4.72 Å². The molecule has 1 N–H and O–H groups in total. The van der Waals surface area contributed by atoms with Gasteiger partial charge in [0.15, 0.2) is 0 Å². The molecule has 1 aliphatic rings. The van der Waals surface area contributed by atoms with E-state index in [1.165, 1.54) is 0 Å². The molecule has 0 radical (unpaired) electrons. The molecule has 9 heteroatoms. The third-order valence-electron chi connectivity index (χ3n) is 3.82. The van der Waals surface area contributed by atoms with Crippen molar-refractivity contribution in [2.75, 3.05) is 6.54 Å². The summed E-state index contributed by atoms with van der Waals surface area (Å²) in [4.78, 5) is -1.06. The number of sulfonamides is 1. The van der Waals surface area contributed by atoms with Crippen molar-refractivity contribution >= 4 is 29.8 Å². The highest BCUT2D eigenvalue weighted by Gasteiger charge is 2.41. The lowest BCUT2D eigenvalue weighted by atomic mass is 10.1. The summed E-state index contributed by atoms with van der Waals surface area (Å²) in [6.45, 7) is 2.23. The van der Waals surface area contributed by atoms with E-state index in [9.17, 15) is 21.2 Å². The zero-order valence-corrected chi connectivity index (χ0v) is 13.7. The first-order chi connectivity index (χ1) is 9.60. The molecule has 0 aliphatic heterocycles. The van der Waals surface area contributed by atoms with Crippen LogP contribution in [0.3, 0.4) is 0 Å². The summed E-state index contributed by atoms with van der Waals surface area (Å²) in [6.07, 6.45) is 2.73. The monoisotopic (exact) mass is 355 g/mol. The van der Waals surface area contributed by atoms with Crippen LogP contribution in [0, 0.1) is 11.2 Å². The van der Waals surface area contributed by atoms with Crippen LogP contribution in [0.4, 0.5) is 4.39 Å². The zero-order chi connectivity index (χ0) is 15.9. The molecule has 1 aromatic carbocycles. The summed E-state index contributed by atoms with van der Waals surface area (Å²) in [5, 5.41) is 0. The second-order valence-electron chi connectivity index (χ2n) is 5.21. The lowest BCUT2D eigenvalue weighted by molar-refractivity contribution is 0.473. The summed E-state index contributed by atoms with van der Waals surface area (Å²) < 4.78 is 62.5. The van der Waals surface area contributed by atoms with Crippen LogP contribution in [0.15, 0.2) is 28.0 Å². The Hall–Kier alpha value is -0.700. The van der Waals surface area contributed by atoms with Gasteiger partial charge in [-0.1, -0.05) is 6.92 Å². The van der Waals surface area contributed by atoms with Gasteiger partial charge in [0.2, 0.25) is 10.0 Å². The number of nitrogens with one attached hydrogen (secondary N) is 1. The largest absolute Gasteiger partial charge is 0.261 e. The van der Waals surface area contributed by atoms with E-state index in [2.05, 4.69) is 4.72 Å². The molecule has 0 unspecified atom stereocenters. The Labute approximate surface area is 128 Å². The van der Waals surface area contributed by atoms with Crippen molar-refractivity contribution in [3.05, 3.63) is 24.0 Å². The van der Waals surface area contributed by atoms with Crippen LogP contribution in [0.1, 0.15) is 26.2 Å². The topological polar surface area (TPSA) is 80.3 Å². The Morgan fingerprint density at radius 2 is 1.90 bits per heavy atom. The maximum atomic E-state index is 13.9. The predicted octanol–water partition coefficient (Wildman–Crippen LogP) is 2.22. The van der Waals surface area contributed by atoms with Gasteiger partial charge in [-0.2, -0.15) is 0 Å². The average molecular weight is 356 g/mol. The van der Waals surface area contributed by atoms with Gasteiger partial charge in [0.25, 0.3) is 9.05 Å². The van der Waals surface area contributed by atoms with Gasteiger partial charge in [0.1, 0.15) is 10.7 Å². The predicted molar refractivity (Wildman–Crippen MR) is 76.6 cm³/mol. The highest BCUT2D eigenvalue weighted by Crippen LogP contribution is 2.48. The Morgan fingerprint density at radius 1 is 1.29 bits per heavy atom. The quantitative estimate of drug-likeness (QED) is 0.793. The molecule has 1 aromatic rings. The molecule has 2 rings (SSSR count). The van der Waals surface area contributed by atoms with Crippen molar-refractivity contribution in [2.24, 2.45) is 5.41 Å². The Morgan fingerprint density at radius 3 is 2.33 bits per heavy atom. The van der Waals surface area contributed by atoms with Gasteiger partial charge in [-0.15, -0.1) is 0 Å². The number of halogens is 2. The van der Waals surface area contributed by atoms with E-state index in [4.69, 9.17) is 10.7 Å². The SMILES string of the molecule is CCC1(CNS(=O)(=O)c2ccc(S(=O)(=O)Cl)cc2F)CC1. The van der Waals surface area contributed by atoms with E-state index in [0.717, 1.165) is 31.4 Å². The number of hydrogen-bond donors (Lipinski definition) is 1. The van der Waals surface area contributed by atoms with Crippen molar-refractivity contribution in [1.29, 1.82) is 0 Å². The van der Waals surface area contributed by atoms with Crippen LogP contribution >= 0.6 is 10.7 Å². The van der Waals surface area contributed by atoms with Gasteiger partial charge in [0.05, 0.1) is 4.90 Å². The van der Waals surface area contributed by atoms with Crippen LogP contribution in [0.25, 0.3) is 0 Å². The molecule has 1 fully saturated rings. The van der Waals surface area contributed by atoms with E-state index >= 15 is 0 Å². The van der Waals surface area contributed by atoms with Crippen LogP contribution in [-0.4, -0.2) is 23.4 Å². The molecular weight excluding hydrogens is 341 g/mol. The molecule has 21 heavy (non-hydrogen) atoms. The molecule has 5 nitrogen and oxygen atoms in total. The lowest BCUT2D eigenvalue weighted by Gasteiger charge is -2.14. The molecule has 118 valence electrons. The second-order valence-corrected chi connectivity index (χ2v) is 9.51. The smallest absolute Gasteiger partial charge is 0.211 e. The summed E-state index contributed by atoms with van der Waals surface area (Å²) in [6, 6.07) is 2.47. The normalized spacial score (nSPS) is 17.7. The molecule has 1 aliphatic carbocycles. The van der Waals surface area contributed by atoms with Crippen molar-refractivity contribution < 1.29 is 21.2 Å². The number of rotatable bonds is 6. The molecule has 0 amide bonds. The minimum atomic E-state index is -4.10. The first-order valence-corrected chi connectivity index (χ1v) is 10.1. The van der Waals surface area contributed by atoms with Gasteiger partial charge in [-0.3, -0.25) is 0 Å². The molecule has 0 spiro atoms. The molecule has 0 heterocycles. The molecule has 1 saturated carbocycles. The third-order valence-corrected chi connectivity index (χ3v) is 6.60. The van der Waals surface area contributed by atoms with E-state index in [1.54, 1.807) is 0 Å². The minimum Gasteiger partial charge on any atom is -0.211 e. The fourth-order valence-electron chi connectivity index (χ4n) is 2.01. The molecular formula is C12H15ClFNO4S2. The van der Waals surface area contributed by atoms with Crippen molar-refractivity contribution in [3.8, 4) is 0 Å². The fraction of sp³-hybridized carbons (Fsp3) is 0.500. The van der Waals surface area contributed by atoms with E-state index in [-0.39, 0.29) is 12.0 Å². The molecule has 0 bridgehead atoms. The molecule has 0 saturated heterocycles. The Kier molecular flexibility index (Phi) is 4.36. The highest BCUT2D eigenvalue weighted by atomic mass is 35.7. The lowest BCUT2D eigenvalue weighted by Crippen LogP contribution is -2.30. The first-order valence-electron chi connectivity index (χ1n) is 6.34. The number of hydrogen-bond acceptors (Lipinski definition) is 4. The second kappa shape index (κ2) is 5.49. The van der Waals surface area contributed by atoms with Gasteiger partial charge in [0, 0.05) is 17.2 Å². The first kappa shape index (κ1) is 16.7. The standard InChI is InChI=1S/C12H15ClFNO4S2/c1-2-12(5-6-12)8-15-21(18,19)11-4-3-9(7-10(11)14)20(13,16)17/h3-4,7,15H,2,5-6,8H2,1H3. The van der Waals surface area contributed by atoms with Crippen LogP contribution in [0.2, 0.25) is 0 Å². The zero-order valence-electron chi connectivity index (χ0n) is 11.3. The van der Waals surface area contributed by atoms with Gasteiger partial charge in [-0.05, 0) is 42.9 Å². The third kappa shape index (κ3) is 3.74. The fourth-order valence-corrected chi connectivity index (χ4v) is 3.99. The minimum absolute atomic E-state index is 0.0248. The van der Waals surface area contributed by atoms with Crippen molar-refractivity contribution in [3.63, 3.8) is 0 Å². The Balaban J connectivity index is 2.24. The summed E-state index contributed by atoms with van der Waals surface area (Å²) in [7, 11) is -3.03. The van der Waals surface area contributed by atoms with Gasteiger partial charge >= 0.3 is 0 Å². The summed E-state index contributed by atoms with van der Waals surface area (Å²) >= 11 is 0. The van der Waals surface area contributed by atoms with E-state index in [0.29, 0.717) is 6.07 Å². The van der Waals surface area contributed by atoms with Crippen molar-refractivity contribution in [1.82, 2.24) is 4.72 Å². The van der Waals surface area contributed by atoms with Crippen LogP contribution in [-0.2, 0) is 19.1 Å². The maximum Gasteiger partial charge on any atom is 0.261 e. The highest BCUT2D eigenvalue weighted by molar-refractivity contribution is 8.13. The molecule has 0 aromatic heterocycles. The van der Waals surface area contributed by atoms with E-state index in [1.807, 2.05) is 6.92 Å².